The number of ether oxygens (including phenoxy) is 1. The molecule has 5 heteroatoms. The monoisotopic (exact) mass is 498 g/mol. The first kappa shape index (κ1) is 23.2. The van der Waals surface area contributed by atoms with Crippen LogP contribution in [-0.4, -0.2) is 16.2 Å². The minimum atomic E-state index is 0.583. The van der Waals surface area contributed by atoms with E-state index in [1.54, 1.807) is 6.07 Å². The van der Waals surface area contributed by atoms with Crippen LogP contribution in [0.25, 0.3) is 33.8 Å². The fourth-order valence-electron chi connectivity index (χ4n) is 4.10. The molecule has 0 saturated heterocycles. The molecule has 0 aliphatic carbocycles. The molecule has 0 unspecified atom stereocenters. The lowest BCUT2D eigenvalue weighted by atomic mass is 10.0. The van der Waals surface area contributed by atoms with Gasteiger partial charge in [0.15, 0.2) is 0 Å². The molecule has 174 valence electrons. The summed E-state index contributed by atoms with van der Waals surface area (Å²) in [6.07, 6.45) is 2.05. The average Bonchev–Trinajstić information content (AvgIpc) is 3.29. The topological polar surface area (TPSA) is 27.1 Å². The number of benzene rings is 4. The zero-order chi connectivity index (χ0) is 24.2. The molecular weight excluding hydrogens is 475 g/mol. The third kappa shape index (κ3) is 5.27. The maximum atomic E-state index is 6.51. The Morgan fingerprint density at radius 1 is 0.771 bits per heavy atom. The SMILES string of the molecule is CCOc1ccc(-c2ccc(-c3nc(-c4ccc(Cl)cc4Cl)cn3Cc3ccccc3)cc2)cc1. The number of halogens is 2. The first-order valence-corrected chi connectivity index (χ1v) is 12.3. The lowest BCUT2D eigenvalue weighted by Crippen LogP contribution is -2.00. The molecule has 5 rings (SSSR count). The summed E-state index contributed by atoms with van der Waals surface area (Å²) in [5.41, 5.74) is 6.18. The van der Waals surface area contributed by atoms with Crippen molar-refractivity contribution in [2.75, 3.05) is 6.61 Å². The number of imidazole rings is 1. The number of rotatable bonds is 7. The van der Waals surface area contributed by atoms with Crippen molar-refractivity contribution in [1.82, 2.24) is 9.55 Å². The summed E-state index contributed by atoms with van der Waals surface area (Å²) in [5, 5.41) is 1.19. The highest BCUT2D eigenvalue weighted by Gasteiger charge is 2.15. The Kier molecular flexibility index (Phi) is 6.89. The van der Waals surface area contributed by atoms with Crippen molar-refractivity contribution in [2.24, 2.45) is 0 Å². The molecule has 0 N–H and O–H groups in total. The fraction of sp³-hybridized carbons (Fsp3) is 0.100. The Morgan fingerprint density at radius 2 is 1.43 bits per heavy atom. The van der Waals surface area contributed by atoms with Gasteiger partial charge in [0.05, 0.1) is 17.3 Å². The van der Waals surface area contributed by atoms with E-state index in [0.29, 0.717) is 23.2 Å². The highest BCUT2D eigenvalue weighted by molar-refractivity contribution is 6.36. The molecule has 0 atom stereocenters. The third-order valence-corrected chi connectivity index (χ3v) is 6.37. The van der Waals surface area contributed by atoms with Gasteiger partial charge < -0.3 is 9.30 Å². The fourth-order valence-corrected chi connectivity index (χ4v) is 4.60. The van der Waals surface area contributed by atoms with Crippen LogP contribution in [0.1, 0.15) is 12.5 Å². The van der Waals surface area contributed by atoms with Crippen molar-refractivity contribution < 1.29 is 4.74 Å². The molecule has 0 spiro atoms. The Hall–Kier alpha value is -3.53. The predicted molar refractivity (Wildman–Crippen MR) is 145 cm³/mol. The van der Waals surface area contributed by atoms with Gasteiger partial charge in [-0.15, -0.1) is 0 Å². The smallest absolute Gasteiger partial charge is 0.140 e. The van der Waals surface area contributed by atoms with Gasteiger partial charge in [0.2, 0.25) is 0 Å². The summed E-state index contributed by atoms with van der Waals surface area (Å²) in [6, 6.07) is 32.5. The van der Waals surface area contributed by atoms with Gasteiger partial charge in [0, 0.05) is 28.9 Å². The van der Waals surface area contributed by atoms with E-state index in [0.717, 1.165) is 39.5 Å². The highest BCUT2D eigenvalue weighted by Crippen LogP contribution is 2.33. The molecule has 0 fully saturated rings. The van der Waals surface area contributed by atoms with Crippen LogP contribution >= 0.6 is 23.2 Å². The quantitative estimate of drug-likeness (QED) is 0.224. The maximum absolute atomic E-state index is 6.51. The Bertz CT molecular complexity index is 1430. The Balaban J connectivity index is 1.51. The van der Waals surface area contributed by atoms with E-state index in [4.69, 9.17) is 32.9 Å². The molecule has 5 aromatic rings. The summed E-state index contributed by atoms with van der Waals surface area (Å²) < 4.78 is 7.73. The molecular formula is C30H24Cl2N2O. The molecule has 1 aromatic heterocycles. The number of aromatic nitrogens is 2. The zero-order valence-electron chi connectivity index (χ0n) is 19.3. The molecule has 0 saturated carbocycles. The number of hydrogen-bond donors (Lipinski definition) is 0. The molecule has 0 radical (unpaired) electrons. The van der Waals surface area contributed by atoms with Crippen molar-refractivity contribution in [1.29, 1.82) is 0 Å². The lowest BCUT2D eigenvalue weighted by molar-refractivity contribution is 0.340. The van der Waals surface area contributed by atoms with Crippen LogP contribution in [0, 0.1) is 0 Å². The average molecular weight is 499 g/mol. The maximum Gasteiger partial charge on any atom is 0.140 e. The summed E-state index contributed by atoms with van der Waals surface area (Å²) >= 11 is 12.6. The van der Waals surface area contributed by atoms with E-state index < -0.39 is 0 Å². The number of hydrogen-bond acceptors (Lipinski definition) is 2. The Labute approximate surface area is 215 Å². The summed E-state index contributed by atoms with van der Waals surface area (Å²) in [5.74, 6) is 1.76. The largest absolute Gasteiger partial charge is 0.494 e. The minimum absolute atomic E-state index is 0.583. The predicted octanol–water partition coefficient (Wildman–Crippen LogP) is 8.64. The lowest BCUT2D eigenvalue weighted by Gasteiger charge is -2.09. The van der Waals surface area contributed by atoms with E-state index in [9.17, 15) is 0 Å². The zero-order valence-corrected chi connectivity index (χ0v) is 20.8. The van der Waals surface area contributed by atoms with Gasteiger partial charge in [-0.2, -0.15) is 0 Å². The van der Waals surface area contributed by atoms with Gasteiger partial charge in [-0.05, 0) is 53.9 Å². The van der Waals surface area contributed by atoms with Crippen molar-refractivity contribution in [3.05, 3.63) is 119 Å². The van der Waals surface area contributed by atoms with Crippen molar-refractivity contribution in [2.45, 2.75) is 13.5 Å². The minimum Gasteiger partial charge on any atom is -0.494 e. The summed E-state index contributed by atoms with van der Waals surface area (Å²) in [6.45, 7) is 3.35. The second kappa shape index (κ2) is 10.4. The molecule has 0 bridgehead atoms. The van der Waals surface area contributed by atoms with Crippen LogP contribution < -0.4 is 4.74 Å². The number of nitrogens with zero attached hydrogens (tertiary/aromatic N) is 2. The van der Waals surface area contributed by atoms with Crippen LogP contribution in [0.5, 0.6) is 5.75 Å². The Morgan fingerprint density at radius 3 is 2.09 bits per heavy atom. The molecule has 4 aromatic carbocycles. The molecule has 35 heavy (non-hydrogen) atoms. The molecule has 1 heterocycles. The van der Waals surface area contributed by atoms with Gasteiger partial charge in [-0.25, -0.2) is 4.98 Å². The van der Waals surface area contributed by atoms with Crippen LogP contribution in [-0.2, 0) is 6.54 Å². The molecule has 0 aliphatic rings. The first-order valence-electron chi connectivity index (χ1n) is 11.5. The first-order chi connectivity index (χ1) is 17.1. The van der Waals surface area contributed by atoms with Gasteiger partial charge in [-0.1, -0.05) is 89.9 Å². The molecule has 0 amide bonds. The molecule has 0 aliphatic heterocycles. The van der Waals surface area contributed by atoms with E-state index in [-0.39, 0.29) is 0 Å². The standard InChI is InChI=1S/C30H24Cl2N2O/c1-2-35-26-15-12-23(13-16-26)22-8-10-24(11-9-22)30-33-29(27-17-14-25(31)18-28(27)32)20-34(30)19-21-6-4-3-5-7-21/h3-18,20H,2,19H2,1H3. The van der Waals surface area contributed by atoms with Gasteiger partial charge in [-0.3, -0.25) is 0 Å². The van der Waals surface area contributed by atoms with Gasteiger partial charge in [0.1, 0.15) is 11.6 Å². The van der Waals surface area contributed by atoms with E-state index >= 15 is 0 Å². The third-order valence-electron chi connectivity index (χ3n) is 5.82. The molecule has 3 nitrogen and oxygen atoms in total. The van der Waals surface area contributed by atoms with E-state index in [1.165, 1.54) is 5.56 Å². The second-order valence-corrected chi connectivity index (χ2v) is 9.07. The van der Waals surface area contributed by atoms with Gasteiger partial charge >= 0.3 is 0 Å². The van der Waals surface area contributed by atoms with Crippen LogP contribution in [0.15, 0.2) is 103 Å². The normalized spacial score (nSPS) is 10.9. The summed E-state index contributed by atoms with van der Waals surface area (Å²) in [4.78, 5) is 4.99. The van der Waals surface area contributed by atoms with Gasteiger partial charge in [0.25, 0.3) is 0 Å². The van der Waals surface area contributed by atoms with E-state index in [2.05, 4.69) is 71.4 Å². The van der Waals surface area contributed by atoms with E-state index in [1.807, 2.05) is 37.3 Å². The second-order valence-electron chi connectivity index (χ2n) is 8.22. The van der Waals surface area contributed by atoms with Crippen molar-refractivity contribution in [3.8, 4) is 39.5 Å². The van der Waals surface area contributed by atoms with Crippen molar-refractivity contribution >= 4 is 23.2 Å². The van der Waals surface area contributed by atoms with Crippen LogP contribution in [0.3, 0.4) is 0 Å². The highest BCUT2D eigenvalue weighted by atomic mass is 35.5. The van der Waals surface area contributed by atoms with Crippen molar-refractivity contribution in [3.63, 3.8) is 0 Å². The van der Waals surface area contributed by atoms with Crippen LogP contribution in [0.2, 0.25) is 10.0 Å². The van der Waals surface area contributed by atoms with Crippen LogP contribution in [0.4, 0.5) is 0 Å². The summed E-state index contributed by atoms with van der Waals surface area (Å²) in [7, 11) is 0.